The Morgan fingerprint density at radius 2 is 2.09 bits per heavy atom. The van der Waals surface area contributed by atoms with E-state index in [0.29, 0.717) is 12.2 Å². The van der Waals surface area contributed by atoms with Gasteiger partial charge in [0.15, 0.2) is 0 Å². The number of carbonyl (C=O) groups is 3. The molecular weight excluding hydrogens is 304 g/mol. The molecule has 0 bridgehead atoms. The van der Waals surface area contributed by atoms with Crippen molar-refractivity contribution in [3.05, 3.63) is 12.7 Å². The van der Waals surface area contributed by atoms with Crippen LogP contribution in [0.25, 0.3) is 0 Å². The smallest absolute Gasteiger partial charge is 0.328 e. The minimum Gasteiger partial charge on any atom is -0.480 e. The summed E-state index contributed by atoms with van der Waals surface area (Å²) in [6.45, 7) is 7.79. The van der Waals surface area contributed by atoms with E-state index in [-0.39, 0.29) is 18.9 Å². The summed E-state index contributed by atoms with van der Waals surface area (Å²) in [4.78, 5) is 39.0. The van der Waals surface area contributed by atoms with Crippen LogP contribution in [0.3, 0.4) is 0 Å². The van der Waals surface area contributed by atoms with E-state index in [9.17, 15) is 19.5 Å². The monoisotopic (exact) mass is 328 g/mol. The molecule has 7 heteroatoms. The van der Waals surface area contributed by atoms with Gasteiger partial charge in [-0.05, 0) is 30.8 Å². The largest absolute Gasteiger partial charge is 0.480 e. The van der Waals surface area contributed by atoms with E-state index in [1.165, 1.54) is 16.7 Å². The molecule has 22 heavy (non-hydrogen) atoms. The van der Waals surface area contributed by atoms with Gasteiger partial charge in [0.1, 0.15) is 12.1 Å². The number of imide groups is 1. The average molecular weight is 328 g/mol. The summed E-state index contributed by atoms with van der Waals surface area (Å²) in [6, 6.07) is -2.22. The summed E-state index contributed by atoms with van der Waals surface area (Å²) < 4.78 is 0. The molecule has 0 radical (unpaired) electrons. The highest BCUT2D eigenvalue weighted by Crippen LogP contribution is 2.26. The van der Waals surface area contributed by atoms with E-state index < -0.39 is 30.0 Å². The maximum Gasteiger partial charge on any atom is 0.328 e. The lowest BCUT2D eigenvalue weighted by Gasteiger charge is -2.22. The standard InChI is InChI=1S/C15H24N2O4S/c1-5-7-16-12(9-10(2)3)13(18)17(15(16)21)11(14(19)20)6-8-22-4/h5,10-12H,1,6-9H2,2-4H3,(H,19,20). The molecule has 1 saturated heterocycles. The number of carboxylic acid groups (broad SMARTS) is 1. The predicted molar refractivity (Wildman–Crippen MR) is 86.8 cm³/mol. The van der Waals surface area contributed by atoms with Crippen LogP contribution in [0.4, 0.5) is 4.79 Å². The van der Waals surface area contributed by atoms with Crippen molar-refractivity contribution in [3.63, 3.8) is 0 Å². The molecule has 1 aliphatic rings. The number of hydrogen-bond donors (Lipinski definition) is 1. The van der Waals surface area contributed by atoms with Crippen molar-refractivity contribution in [2.45, 2.75) is 38.8 Å². The maximum atomic E-state index is 12.6. The SMILES string of the molecule is C=CCN1C(=O)N(C(CCSC)C(=O)O)C(=O)C1CC(C)C. The van der Waals surface area contributed by atoms with Crippen LogP contribution >= 0.6 is 11.8 Å². The highest BCUT2D eigenvalue weighted by Gasteiger charge is 2.49. The number of hydrogen-bond acceptors (Lipinski definition) is 4. The number of urea groups is 1. The van der Waals surface area contributed by atoms with Gasteiger partial charge in [-0.1, -0.05) is 19.9 Å². The lowest BCUT2D eigenvalue weighted by molar-refractivity contribution is -0.147. The zero-order chi connectivity index (χ0) is 16.9. The van der Waals surface area contributed by atoms with Crippen molar-refractivity contribution in [1.29, 1.82) is 0 Å². The number of thioether (sulfide) groups is 1. The lowest BCUT2D eigenvalue weighted by atomic mass is 10.0. The molecule has 1 rings (SSSR count). The fourth-order valence-corrected chi connectivity index (χ4v) is 3.02. The third kappa shape index (κ3) is 4.03. The minimum atomic E-state index is -1.14. The van der Waals surface area contributed by atoms with E-state index in [2.05, 4.69) is 6.58 Å². The number of rotatable bonds is 9. The van der Waals surface area contributed by atoms with Gasteiger partial charge >= 0.3 is 12.0 Å². The van der Waals surface area contributed by atoms with E-state index in [1.807, 2.05) is 20.1 Å². The highest BCUT2D eigenvalue weighted by atomic mass is 32.2. The Kier molecular flexibility index (Phi) is 6.93. The fraction of sp³-hybridized carbons (Fsp3) is 0.667. The molecule has 0 aromatic rings. The predicted octanol–water partition coefficient (Wildman–Crippen LogP) is 2.06. The van der Waals surface area contributed by atoms with Gasteiger partial charge in [0, 0.05) is 6.54 Å². The number of nitrogens with zero attached hydrogens (tertiary/aromatic N) is 2. The van der Waals surface area contributed by atoms with Crippen molar-refractivity contribution in [3.8, 4) is 0 Å². The zero-order valence-corrected chi connectivity index (χ0v) is 14.1. The Balaban J connectivity index is 3.07. The van der Waals surface area contributed by atoms with Crippen LogP contribution in [0.2, 0.25) is 0 Å². The molecule has 1 fully saturated rings. The van der Waals surface area contributed by atoms with Gasteiger partial charge < -0.3 is 10.0 Å². The summed E-state index contributed by atoms with van der Waals surface area (Å²) in [5.74, 6) is -0.748. The molecule has 0 aromatic heterocycles. The molecular formula is C15H24N2O4S. The third-order valence-electron chi connectivity index (χ3n) is 3.56. The van der Waals surface area contributed by atoms with E-state index in [1.54, 1.807) is 6.08 Å². The number of aliphatic carboxylic acids is 1. The normalized spacial score (nSPS) is 19.9. The van der Waals surface area contributed by atoms with Gasteiger partial charge in [-0.2, -0.15) is 11.8 Å². The van der Waals surface area contributed by atoms with Crippen LogP contribution in [0, 0.1) is 5.92 Å². The first-order chi connectivity index (χ1) is 10.3. The summed E-state index contributed by atoms with van der Waals surface area (Å²) in [7, 11) is 0. The number of carboxylic acids is 1. The lowest BCUT2D eigenvalue weighted by Crippen LogP contribution is -2.46. The van der Waals surface area contributed by atoms with Crippen molar-refractivity contribution in [1.82, 2.24) is 9.80 Å². The van der Waals surface area contributed by atoms with Gasteiger partial charge in [-0.15, -0.1) is 6.58 Å². The Morgan fingerprint density at radius 3 is 2.55 bits per heavy atom. The Morgan fingerprint density at radius 1 is 1.45 bits per heavy atom. The van der Waals surface area contributed by atoms with Gasteiger partial charge in [-0.3, -0.25) is 4.79 Å². The molecule has 2 unspecified atom stereocenters. The molecule has 6 nitrogen and oxygen atoms in total. The van der Waals surface area contributed by atoms with Crippen molar-refractivity contribution in [2.75, 3.05) is 18.6 Å². The first-order valence-electron chi connectivity index (χ1n) is 7.31. The molecule has 1 heterocycles. The quantitative estimate of drug-likeness (QED) is 0.518. The van der Waals surface area contributed by atoms with Crippen molar-refractivity contribution < 1.29 is 19.5 Å². The molecule has 1 aliphatic heterocycles. The van der Waals surface area contributed by atoms with Crippen LogP contribution in [0.5, 0.6) is 0 Å². The first kappa shape index (κ1) is 18.5. The number of amides is 3. The Bertz CT molecular complexity index is 453. The van der Waals surface area contributed by atoms with Crippen molar-refractivity contribution >= 4 is 29.7 Å². The second-order valence-corrected chi connectivity index (χ2v) is 6.70. The molecule has 1 N–H and O–H groups in total. The molecule has 0 spiro atoms. The van der Waals surface area contributed by atoms with E-state index >= 15 is 0 Å². The molecule has 3 amide bonds. The topological polar surface area (TPSA) is 77.9 Å². The van der Waals surface area contributed by atoms with Gasteiger partial charge in [0.2, 0.25) is 0 Å². The third-order valence-corrected chi connectivity index (χ3v) is 4.21. The molecule has 124 valence electrons. The highest BCUT2D eigenvalue weighted by molar-refractivity contribution is 7.98. The Labute approximate surface area is 135 Å². The van der Waals surface area contributed by atoms with Crippen LogP contribution in [0.1, 0.15) is 26.7 Å². The second-order valence-electron chi connectivity index (χ2n) is 5.71. The Hall–Kier alpha value is -1.50. The van der Waals surface area contributed by atoms with Crippen LogP contribution in [-0.4, -0.2) is 63.5 Å². The summed E-state index contributed by atoms with van der Waals surface area (Å²) in [6.07, 6.45) is 4.19. The first-order valence-corrected chi connectivity index (χ1v) is 8.70. The maximum absolute atomic E-state index is 12.6. The summed E-state index contributed by atoms with van der Waals surface area (Å²) in [5.41, 5.74) is 0. The van der Waals surface area contributed by atoms with Gasteiger partial charge in [0.25, 0.3) is 5.91 Å². The van der Waals surface area contributed by atoms with E-state index in [0.717, 1.165) is 4.90 Å². The van der Waals surface area contributed by atoms with Gasteiger partial charge in [-0.25, -0.2) is 14.5 Å². The second kappa shape index (κ2) is 8.22. The summed E-state index contributed by atoms with van der Waals surface area (Å²) in [5, 5.41) is 9.39. The van der Waals surface area contributed by atoms with Crippen LogP contribution < -0.4 is 0 Å². The van der Waals surface area contributed by atoms with Crippen molar-refractivity contribution in [2.24, 2.45) is 5.92 Å². The van der Waals surface area contributed by atoms with Gasteiger partial charge in [0.05, 0.1) is 0 Å². The average Bonchev–Trinajstić information content (AvgIpc) is 2.65. The zero-order valence-electron chi connectivity index (χ0n) is 13.3. The van der Waals surface area contributed by atoms with E-state index in [4.69, 9.17) is 0 Å². The number of carbonyl (C=O) groups excluding carboxylic acids is 2. The summed E-state index contributed by atoms with van der Waals surface area (Å²) >= 11 is 1.49. The molecule has 0 aromatic carbocycles. The van der Waals surface area contributed by atoms with Crippen LogP contribution in [-0.2, 0) is 9.59 Å². The molecule has 0 saturated carbocycles. The fourth-order valence-electron chi connectivity index (χ4n) is 2.56. The van der Waals surface area contributed by atoms with Crippen LogP contribution in [0.15, 0.2) is 12.7 Å². The molecule has 2 atom stereocenters. The molecule has 0 aliphatic carbocycles. The minimum absolute atomic E-state index is 0.225.